The Morgan fingerprint density at radius 2 is 2.38 bits per heavy atom. The van der Waals surface area contributed by atoms with Crippen LogP contribution in [0.25, 0.3) is 0 Å². The molecule has 4 heteroatoms. The SMILES string of the molecule is C=CC(=O)Nc1cccc(OC2COC2)c1. The standard InChI is InChI=1S/C12H13NO3/c1-2-12(14)13-9-4-3-5-10(6-9)16-11-7-15-8-11/h2-6,11H,1,7-8H2,(H,13,14). The van der Waals surface area contributed by atoms with Crippen molar-refractivity contribution < 1.29 is 14.3 Å². The molecule has 1 aromatic carbocycles. The Kier molecular flexibility index (Phi) is 3.22. The van der Waals surface area contributed by atoms with Crippen LogP contribution in [0.1, 0.15) is 0 Å². The molecule has 1 heterocycles. The maximum Gasteiger partial charge on any atom is 0.247 e. The zero-order valence-electron chi connectivity index (χ0n) is 8.81. The average molecular weight is 219 g/mol. The van der Waals surface area contributed by atoms with E-state index in [1.54, 1.807) is 12.1 Å². The van der Waals surface area contributed by atoms with Gasteiger partial charge in [-0.1, -0.05) is 12.6 Å². The number of nitrogens with one attached hydrogen (secondary N) is 1. The second-order valence-electron chi connectivity index (χ2n) is 3.50. The molecule has 1 amide bonds. The van der Waals surface area contributed by atoms with E-state index in [1.807, 2.05) is 12.1 Å². The molecule has 1 aromatic rings. The summed E-state index contributed by atoms with van der Waals surface area (Å²) in [7, 11) is 0. The van der Waals surface area contributed by atoms with Crippen molar-refractivity contribution in [1.29, 1.82) is 0 Å². The van der Waals surface area contributed by atoms with Crippen LogP contribution in [0.4, 0.5) is 5.69 Å². The summed E-state index contributed by atoms with van der Waals surface area (Å²) < 4.78 is 10.6. The van der Waals surface area contributed by atoms with Crippen molar-refractivity contribution in [3.63, 3.8) is 0 Å². The first-order chi connectivity index (χ1) is 7.78. The number of rotatable bonds is 4. The van der Waals surface area contributed by atoms with Crippen LogP contribution in [0.15, 0.2) is 36.9 Å². The highest BCUT2D eigenvalue weighted by molar-refractivity contribution is 5.98. The molecule has 1 fully saturated rings. The number of ether oxygens (including phenoxy) is 2. The van der Waals surface area contributed by atoms with Gasteiger partial charge in [0.05, 0.1) is 13.2 Å². The highest BCUT2D eigenvalue weighted by Crippen LogP contribution is 2.20. The van der Waals surface area contributed by atoms with Crippen molar-refractivity contribution in [2.45, 2.75) is 6.10 Å². The lowest BCUT2D eigenvalue weighted by Crippen LogP contribution is -2.38. The van der Waals surface area contributed by atoms with E-state index in [0.29, 0.717) is 18.9 Å². The quantitative estimate of drug-likeness (QED) is 0.782. The molecule has 2 rings (SSSR count). The van der Waals surface area contributed by atoms with Gasteiger partial charge in [0.15, 0.2) is 0 Å². The minimum atomic E-state index is -0.232. The summed E-state index contributed by atoms with van der Waals surface area (Å²) in [6.45, 7) is 4.65. The molecular formula is C12H13NO3. The first kappa shape index (κ1) is 10.7. The molecule has 0 bridgehead atoms. The molecular weight excluding hydrogens is 206 g/mol. The highest BCUT2D eigenvalue weighted by Gasteiger charge is 2.19. The summed E-state index contributed by atoms with van der Waals surface area (Å²) >= 11 is 0. The third-order valence-corrected chi connectivity index (χ3v) is 2.20. The number of benzene rings is 1. The van der Waals surface area contributed by atoms with E-state index in [-0.39, 0.29) is 12.0 Å². The second-order valence-corrected chi connectivity index (χ2v) is 3.50. The Hall–Kier alpha value is -1.81. The molecule has 16 heavy (non-hydrogen) atoms. The van der Waals surface area contributed by atoms with Gasteiger partial charge in [0, 0.05) is 11.8 Å². The van der Waals surface area contributed by atoms with Crippen molar-refractivity contribution in [3.8, 4) is 5.75 Å². The van der Waals surface area contributed by atoms with E-state index >= 15 is 0 Å². The highest BCUT2D eigenvalue weighted by atomic mass is 16.6. The fraction of sp³-hybridized carbons (Fsp3) is 0.250. The zero-order valence-corrected chi connectivity index (χ0v) is 8.81. The summed E-state index contributed by atoms with van der Waals surface area (Å²) in [5.74, 6) is 0.499. The van der Waals surface area contributed by atoms with Crippen molar-refractivity contribution in [2.24, 2.45) is 0 Å². The monoisotopic (exact) mass is 219 g/mol. The molecule has 0 aromatic heterocycles. The largest absolute Gasteiger partial charge is 0.486 e. The average Bonchev–Trinajstić information content (AvgIpc) is 2.24. The lowest BCUT2D eigenvalue weighted by Gasteiger charge is -2.26. The molecule has 1 aliphatic rings. The first-order valence-corrected chi connectivity index (χ1v) is 5.06. The van der Waals surface area contributed by atoms with Gasteiger partial charge in [-0.25, -0.2) is 0 Å². The van der Waals surface area contributed by atoms with Gasteiger partial charge in [-0.2, -0.15) is 0 Å². The molecule has 1 saturated heterocycles. The predicted octanol–water partition coefficient (Wildman–Crippen LogP) is 1.59. The molecule has 0 aliphatic carbocycles. The van der Waals surface area contributed by atoms with Crippen molar-refractivity contribution >= 4 is 11.6 Å². The lowest BCUT2D eigenvalue weighted by atomic mass is 10.2. The number of carbonyl (C=O) groups excluding carboxylic acids is 1. The molecule has 0 unspecified atom stereocenters. The van der Waals surface area contributed by atoms with Crippen LogP contribution in [0, 0.1) is 0 Å². The van der Waals surface area contributed by atoms with Crippen LogP contribution >= 0.6 is 0 Å². The Morgan fingerprint density at radius 3 is 3.00 bits per heavy atom. The van der Waals surface area contributed by atoms with Crippen LogP contribution < -0.4 is 10.1 Å². The maximum absolute atomic E-state index is 11.1. The number of hydrogen-bond acceptors (Lipinski definition) is 3. The topological polar surface area (TPSA) is 47.6 Å². The number of anilines is 1. The molecule has 4 nitrogen and oxygen atoms in total. The van der Waals surface area contributed by atoms with Gasteiger partial charge in [-0.05, 0) is 18.2 Å². The molecule has 0 atom stereocenters. The zero-order chi connectivity index (χ0) is 11.4. The second kappa shape index (κ2) is 4.81. The summed E-state index contributed by atoms with van der Waals surface area (Å²) in [4.78, 5) is 11.1. The van der Waals surface area contributed by atoms with Gasteiger partial charge < -0.3 is 14.8 Å². The number of hydrogen-bond donors (Lipinski definition) is 1. The van der Waals surface area contributed by atoms with Gasteiger partial charge in [-0.3, -0.25) is 4.79 Å². The van der Waals surface area contributed by atoms with Gasteiger partial charge in [0.1, 0.15) is 11.9 Å². The summed E-state index contributed by atoms with van der Waals surface area (Å²) in [5, 5.41) is 2.67. The molecule has 0 saturated carbocycles. The molecule has 1 N–H and O–H groups in total. The van der Waals surface area contributed by atoms with Crippen molar-refractivity contribution in [1.82, 2.24) is 0 Å². The van der Waals surface area contributed by atoms with E-state index in [1.165, 1.54) is 6.08 Å². The number of amides is 1. The van der Waals surface area contributed by atoms with E-state index < -0.39 is 0 Å². The van der Waals surface area contributed by atoms with Crippen LogP contribution in [-0.4, -0.2) is 25.2 Å². The summed E-state index contributed by atoms with van der Waals surface area (Å²) in [5.41, 5.74) is 0.697. The van der Waals surface area contributed by atoms with E-state index in [9.17, 15) is 4.79 Å². The van der Waals surface area contributed by atoms with E-state index in [2.05, 4.69) is 11.9 Å². The maximum atomic E-state index is 11.1. The summed E-state index contributed by atoms with van der Waals surface area (Å²) in [6.07, 6.45) is 1.36. The van der Waals surface area contributed by atoms with Gasteiger partial charge in [0.25, 0.3) is 0 Å². The van der Waals surface area contributed by atoms with E-state index in [0.717, 1.165) is 5.75 Å². The number of carbonyl (C=O) groups is 1. The van der Waals surface area contributed by atoms with Crippen LogP contribution in [0.2, 0.25) is 0 Å². The van der Waals surface area contributed by atoms with Crippen LogP contribution in [-0.2, 0) is 9.53 Å². The Labute approximate surface area is 93.9 Å². The van der Waals surface area contributed by atoms with Gasteiger partial charge in [0.2, 0.25) is 5.91 Å². The predicted molar refractivity (Wildman–Crippen MR) is 60.5 cm³/mol. The molecule has 84 valence electrons. The Bertz CT molecular complexity index is 399. The summed E-state index contributed by atoms with van der Waals surface area (Å²) in [6, 6.07) is 7.25. The lowest BCUT2D eigenvalue weighted by molar-refractivity contribution is -0.111. The minimum Gasteiger partial charge on any atom is -0.486 e. The van der Waals surface area contributed by atoms with Crippen LogP contribution in [0.5, 0.6) is 5.75 Å². The van der Waals surface area contributed by atoms with Crippen molar-refractivity contribution in [3.05, 3.63) is 36.9 Å². The Morgan fingerprint density at radius 1 is 1.56 bits per heavy atom. The minimum absolute atomic E-state index is 0.130. The smallest absolute Gasteiger partial charge is 0.247 e. The molecule has 0 spiro atoms. The van der Waals surface area contributed by atoms with E-state index in [4.69, 9.17) is 9.47 Å². The Balaban J connectivity index is 2.00. The van der Waals surface area contributed by atoms with Crippen molar-refractivity contribution in [2.75, 3.05) is 18.5 Å². The molecule has 0 radical (unpaired) electrons. The van der Waals surface area contributed by atoms with Gasteiger partial charge in [-0.15, -0.1) is 0 Å². The third-order valence-electron chi connectivity index (χ3n) is 2.20. The normalized spacial score (nSPS) is 15.0. The van der Waals surface area contributed by atoms with Gasteiger partial charge >= 0.3 is 0 Å². The fourth-order valence-electron chi connectivity index (χ4n) is 1.32. The fourth-order valence-corrected chi connectivity index (χ4v) is 1.32. The molecule has 1 aliphatic heterocycles. The van der Waals surface area contributed by atoms with Crippen LogP contribution in [0.3, 0.4) is 0 Å². The third kappa shape index (κ3) is 2.61. The first-order valence-electron chi connectivity index (χ1n) is 5.06.